The quantitative estimate of drug-likeness (QED) is 0.0936. The van der Waals surface area contributed by atoms with Gasteiger partial charge in [-0.15, -0.1) is 11.8 Å². The van der Waals surface area contributed by atoms with Gasteiger partial charge < -0.3 is 29.6 Å². The van der Waals surface area contributed by atoms with Crippen LogP contribution in [0.3, 0.4) is 0 Å². The van der Waals surface area contributed by atoms with Crippen LogP contribution in [0.25, 0.3) is 0 Å². The minimum Gasteiger partial charge on any atom is -0.483 e. The van der Waals surface area contributed by atoms with E-state index in [0.29, 0.717) is 29.1 Å². The number of para-hydroxylation sites is 1. The molecule has 0 aromatic heterocycles. The van der Waals surface area contributed by atoms with Crippen LogP contribution in [0.5, 0.6) is 5.75 Å². The Hall–Kier alpha value is -3.31. The molecule has 0 bridgehead atoms. The Morgan fingerprint density at radius 3 is 2.33 bits per heavy atom. The van der Waals surface area contributed by atoms with E-state index in [0.717, 1.165) is 24.9 Å². The summed E-state index contributed by atoms with van der Waals surface area (Å²) in [5, 5.41) is 5.39. The maximum Gasteiger partial charge on any atom is 0.258 e. The fourth-order valence-electron chi connectivity index (χ4n) is 6.15. The topological polar surface area (TPSA) is 131 Å². The van der Waals surface area contributed by atoms with Crippen molar-refractivity contribution in [2.24, 2.45) is 5.41 Å². The Bertz CT molecular complexity index is 1710. The SMILES string of the molecule is CCCCC1(CC)CN(c2ccccc2)c2cc(SC)c(OCC(=O)NC(C(=O)NC(C)(OCC)[PH2]=O)c3ccccc3)cc2S(=O)(=O)C1. The van der Waals surface area contributed by atoms with Crippen molar-refractivity contribution in [3.05, 3.63) is 78.4 Å². The van der Waals surface area contributed by atoms with Gasteiger partial charge in [0.15, 0.2) is 21.9 Å². The molecule has 1 aliphatic rings. The highest BCUT2D eigenvalue weighted by Gasteiger charge is 2.42. The molecule has 3 aromatic carbocycles. The van der Waals surface area contributed by atoms with E-state index in [1.54, 1.807) is 37.3 Å². The molecule has 0 fully saturated rings. The van der Waals surface area contributed by atoms with E-state index in [-0.39, 0.29) is 23.0 Å². The first-order valence-corrected chi connectivity index (χ1v) is 20.5. The van der Waals surface area contributed by atoms with Gasteiger partial charge in [-0.05, 0) is 56.7 Å². The van der Waals surface area contributed by atoms with Crippen LogP contribution >= 0.6 is 20.2 Å². The average molecular weight is 730 g/mol. The molecule has 4 rings (SSSR count). The zero-order chi connectivity index (χ0) is 35.7. The van der Waals surface area contributed by atoms with Crippen LogP contribution in [-0.4, -0.2) is 57.5 Å². The first-order valence-electron chi connectivity index (χ1n) is 16.6. The summed E-state index contributed by atoms with van der Waals surface area (Å²) in [5.41, 5.74) is 0.165. The van der Waals surface area contributed by atoms with Crippen molar-refractivity contribution >= 4 is 53.2 Å². The summed E-state index contributed by atoms with van der Waals surface area (Å²) < 4.78 is 51.9. The number of amides is 2. The number of benzene rings is 3. The maximum atomic E-state index is 14.2. The number of hydrogen-bond donors (Lipinski definition) is 2. The summed E-state index contributed by atoms with van der Waals surface area (Å²) in [6, 6.07) is 20.7. The van der Waals surface area contributed by atoms with Crippen molar-refractivity contribution in [1.82, 2.24) is 10.6 Å². The van der Waals surface area contributed by atoms with Gasteiger partial charge in [0.05, 0.1) is 21.2 Å². The monoisotopic (exact) mass is 729 g/mol. The van der Waals surface area contributed by atoms with Crippen LogP contribution in [0, 0.1) is 5.41 Å². The summed E-state index contributed by atoms with van der Waals surface area (Å²) in [5.74, 6) is -0.930. The van der Waals surface area contributed by atoms with Crippen LogP contribution < -0.4 is 20.3 Å². The lowest BCUT2D eigenvalue weighted by atomic mass is 9.81. The minimum absolute atomic E-state index is 0.00494. The number of unbranched alkanes of at least 4 members (excludes halogenated alkanes) is 1. The lowest BCUT2D eigenvalue weighted by Gasteiger charge is -2.36. The van der Waals surface area contributed by atoms with Crippen LogP contribution in [0.1, 0.15) is 65.0 Å². The normalized spacial score (nSPS) is 19.0. The molecule has 1 aliphatic heterocycles. The zero-order valence-corrected chi connectivity index (χ0v) is 31.6. The number of carbonyl (C=O) groups is 2. The highest BCUT2D eigenvalue weighted by Crippen LogP contribution is 2.47. The molecular weight excluding hydrogens is 682 g/mol. The van der Waals surface area contributed by atoms with Gasteiger partial charge in [0.1, 0.15) is 20.3 Å². The van der Waals surface area contributed by atoms with Crippen molar-refractivity contribution in [2.75, 3.05) is 36.7 Å². The van der Waals surface area contributed by atoms with Crippen LogP contribution in [0.2, 0.25) is 0 Å². The Morgan fingerprint density at radius 2 is 1.73 bits per heavy atom. The predicted molar refractivity (Wildman–Crippen MR) is 197 cm³/mol. The number of fused-ring (bicyclic) bond motifs is 1. The minimum atomic E-state index is -3.77. The van der Waals surface area contributed by atoms with E-state index in [4.69, 9.17) is 9.47 Å². The van der Waals surface area contributed by atoms with Crippen LogP contribution in [0.4, 0.5) is 11.4 Å². The van der Waals surface area contributed by atoms with E-state index in [2.05, 4.69) is 29.4 Å². The number of ether oxygens (including phenoxy) is 2. The molecular formula is C36H48N3O7PS2. The van der Waals surface area contributed by atoms with Gasteiger partial charge in [0, 0.05) is 30.3 Å². The molecule has 4 atom stereocenters. The van der Waals surface area contributed by atoms with E-state index < -0.39 is 53.6 Å². The van der Waals surface area contributed by atoms with E-state index in [9.17, 15) is 22.6 Å². The number of nitrogens with zero attached hydrogens (tertiary/aromatic N) is 1. The Balaban J connectivity index is 1.66. The fourth-order valence-corrected chi connectivity index (χ4v) is 9.31. The molecule has 266 valence electrons. The summed E-state index contributed by atoms with van der Waals surface area (Å²) in [6.45, 7) is 7.74. The molecule has 0 spiro atoms. The third kappa shape index (κ3) is 9.48. The highest BCUT2D eigenvalue weighted by molar-refractivity contribution is 7.98. The molecule has 4 unspecified atom stereocenters. The Labute approximate surface area is 295 Å². The molecule has 0 aliphatic carbocycles. The van der Waals surface area contributed by atoms with Gasteiger partial charge in [-0.2, -0.15) is 0 Å². The number of hydrogen-bond acceptors (Lipinski definition) is 9. The van der Waals surface area contributed by atoms with Gasteiger partial charge in [-0.25, -0.2) is 8.42 Å². The molecule has 49 heavy (non-hydrogen) atoms. The summed E-state index contributed by atoms with van der Waals surface area (Å²) >= 11 is 1.39. The van der Waals surface area contributed by atoms with Crippen molar-refractivity contribution in [1.29, 1.82) is 0 Å². The third-order valence-corrected chi connectivity index (χ3v) is 12.3. The zero-order valence-electron chi connectivity index (χ0n) is 28.9. The predicted octanol–water partition coefficient (Wildman–Crippen LogP) is 6.74. The number of sulfone groups is 1. The largest absolute Gasteiger partial charge is 0.483 e. The van der Waals surface area contributed by atoms with Crippen molar-refractivity contribution in [2.45, 2.75) is 74.7 Å². The van der Waals surface area contributed by atoms with Crippen molar-refractivity contribution in [3.8, 4) is 5.75 Å². The standard InChI is InChI=1S/C36H48N3O7PS2/c1-6-9-20-36(7-2)24-39(27-18-14-11-15-19-27)28-21-30(48-5)29(22-31(28)49(43,44)25-36)45-23-32(40)37-33(26-16-12-10-13-17-26)34(41)38-35(4,47-42)46-8-3/h10-19,21-22,33H,6-9,20,23-25,47H2,1-5H3,(H,37,40)(H,38,41). The van der Waals surface area contributed by atoms with Gasteiger partial charge in [-0.3, -0.25) is 9.59 Å². The molecule has 10 nitrogen and oxygen atoms in total. The van der Waals surface area contributed by atoms with Crippen LogP contribution in [-0.2, 0) is 28.7 Å². The third-order valence-electron chi connectivity index (χ3n) is 8.84. The Kier molecular flexibility index (Phi) is 13.4. The first kappa shape index (κ1) is 38.5. The molecule has 3 aromatic rings. The molecule has 0 saturated heterocycles. The van der Waals surface area contributed by atoms with E-state index in [1.165, 1.54) is 24.8 Å². The Morgan fingerprint density at radius 1 is 1.06 bits per heavy atom. The number of rotatable bonds is 16. The average Bonchev–Trinajstić information content (AvgIpc) is 3.20. The second-order valence-electron chi connectivity index (χ2n) is 12.5. The summed E-state index contributed by atoms with van der Waals surface area (Å²) in [6.07, 6.45) is 5.25. The van der Waals surface area contributed by atoms with Crippen LogP contribution in [0.15, 0.2) is 82.6 Å². The van der Waals surface area contributed by atoms with Gasteiger partial charge in [0.2, 0.25) is 5.91 Å². The maximum absolute atomic E-state index is 14.2. The lowest BCUT2D eigenvalue weighted by molar-refractivity contribution is -0.133. The van der Waals surface area contributed by atoms with Gasteiger partial charge in [0.25, 0.3) is 5.91 Å². The van der Waals surface area contributed by atoms with E-state index in [1.807, 2.05) is 42.7 Å². The first-order chi connectivity index (χ1) is 23.4. The number of thioether (sulfide) groups is 1. The summed E-state index contributed by atoms with van der Waals surface area (Å²) in [7, 11) is -5.29. The van der Waals surface area contributed by atoms with Gasteiger partial charge in [-0.1, -0.05) is 75.2 Å². The number of anilines is 2. The molecule has 2 amide bonds. The van der Waals surface area contributed by atoms with Gasteiger partial charge >= 0.3 is 0 Å². The molecule has 2 N–H and O–H groups in total. The van der Waals surface area contributed by atoms with E-state index >= 15 is 0 Å². The molecule has 0 radical (unpaired) electrons. The second kappa shape index (κ2) is 17.1. The van der Waals surface area contributed by atoms with Crippen molar-refractivity contribution < 1.29 is 32.0 Å². The number of nitrogens with one attached hydrogen (secondary N) is 2. The lowest BCUT2D eigenvalue weighted by Crippen LogP contribution is -2.49. The van der Waals surface area contributed by atoms with Crippen molar-refractivity contribution in [3.63, 3.8) is 0 Å². The smallest absolute Gasteiger partial charge is 0.258 e. The number of carbonyl (C=O) groups excluding carboxylic acids is 2. The molecule has 13 heteroatoms. The molecule has 1 heterocycles. The molecule has 0 saturated carbocycles. The second-order valence-corrected chi connectivity index (χ2v) is 16.6. The fraction of sp³-hybridized carbons (Fsp3) is 0.444. The highest BCUT2D eigenvalue weighted by atomic mass is 32.2. The summed E-state index contributed by atoms with van der Waals surface area (Å²) in [4.78, 5) is 29.7.